The van der Waals surface area contributed by atoms with Gasteiger partial charge in [-0.05, 0) is 24.6 Å². The molecule has 1 amide bonds. The number of carboxylic acids is 1. The van der Waals surface area contributed by atoms with Crippen molar-refractivity contribution in [1.29, 1.82) is 0 Å². The van der Waals surface area contributed by atoms with Gasteiger partial charge in [-0.3, -0.25) is 4.79 Å². The van der Waals surface area contributed by atoms with Gasteiger partial charge in [0.15, 0.2) is 0 Å². The summed E-state index contributed by atoms with van der Waals surface area (Å²) in [6.45, 7) is 3.19. The minimum Gasteiger partial charge on any atom is -0.478 e. The predicted molar refractivity (Wildman–Crippen MR) is 60.6 cm³/mol. The zero-order valence-corrected chi connectivity index (χ0v) is 9.71. The van der Waals surface area contributed by atoms with Gasteiger partial charge in [-0.2, -0.15) is 0 Å². The van der Waals surface area contributed by atoms with Crippen LogP contribution in [0.5, 0.6) is 0 Å². The molecule has 0 aliphatic carbocycles. The van der Waals surface area contributed by atoms with Crippen LogP contribution in [0.25, 0.3) is 0 Å². The van der Waals surface area contributed by atoms with Crippen LogP contribution in [0.4, 0.5) is 0 Å². The Kier molecular flexibility index (Phi) is 3.90. The lowest BCUT2D eigenvalue weighted by molar-refractivity contribution is -0.119. The van der Waals surface area contributed by atoms with Crippen molar-refractivity contribution >= 4 is 23.5 Å². The van der Waals surface area contributed by atoms with E-state index in [1.54, 1.807) is 13.0 Å². The Hall–Kier alpha value is -1.55. The number of carboxylic acid groups (broad SMARTS) is 1. The predicted octanol–water partition coefficient (Wildman–Crippen LogP) is 2.24. The Labute approximate surface area is 98.2 Å². The van der Waals surface area contributed by atoms with Crippen LogP contribution in [0.2, 0.25) is 5.02 Å². The number of aromatic carboxylic acids is 1. The first-order valence-electron chi connectivity index (χ1n) is 4.71. The molecule has 1 rings (SSSR count). The van der Waals surface area contributed by atoms with E-state index in [-0.39, 0.29) is 17.5 Å². The van der Waals surface area contributed by atoms with Gasteiger partial charge in [0, 0.05) is 11.9 Å². The largest absolute Gasteiger partial charge is 0.478 e. The average Bonchev–Trinajstić information content (AvgIpc) is 2.15. The lowest BCUT2D eigenvalue weighted by Crippen LogP contribution is -2.23. The second kappa shape index (κ2) is 4.99. The highest BCUT2D eigenvalue weighted by atomic mass is 35.5. The SMILES string of the molecule is CC(=O)N[C@H](C)c1ccc(C(=O)O)cc1Cl. The quantitative estimate of drug-likeness (QED) is 0.853. The number of benzene rings is 1. The van der Waals surface area contributed by atoms with Gasteiger partial charge in [0.1, 0.15) is 0 Å². The highest BCUT2D eigenvalue weighted by molar-refractivity contribution is 6.31. The number of halogens is 1. The molecule has 2 N–H and O–H groups in total. The zero-order chi connectivity index (χ0) is 12.3. The lowest BCUT2D eigenvalue weighted by Gasteiger charge is -2.14. The molecule has 0 unspecified atom stereocenters. The van der Waals surface area contributed by atoms with Crippen molar-refractivity contribution in [3.8, 4) is 0 Å². The summed E-state index contributed by atoms with van der Waals surface area (Å²) in [4.78, 5) is 21.5. The van der Waals surface area contributed by atoms with E-state index in [0.717, 1.165) is 0 Å². The molecule has 1 aromatic rings. The standard InChI is InChI=1S/C11H12ClNO3/c1-6(13-7(2)14)9-4-3-8(11(15)16)5-10(9)12/h3-6H,1-2H3,(H,13,14)(H,15,16)/t6-/m1/s1. The third-order valence-electron chi connectivity index (χ3n) is 2.13. The summed E-state index contributed by atoms with van der Waals surface area (Å²) in [5.41, 5.74) is 0.825. The van der Waals surface area contributed by atoms with E-state index in [2.05, 4.69) is 5.32 Å². The lowest BCUT2D eigenvalue weighted by atomic mass is 10.1. The fourth-order valence-electron chi connectivity index (χ4n) is 1.39. The molecule has 4 nitrogen and oxygen atoms in total. The first kappa shape index (κ1) is 12.5. The van der Waals surface area contributed by atoms with E-state index < -0.39 is 5.97 Å². The molecule has 0 aliphatic rings. The molecule has 86 valence electrons. The monoisotopic (exact) mass is 241 g/mol. The second-order valence-corrected chi connectivity index (χ2v) is 3.87. The smallest absolute Gasteiger partial charge is 0.335 e. The highest BCUT2D eigenvalue weighted by Gasteiger charge is 2.12. The second-order valence-electron chi connectivity index (χ2n) is 3.46. The van der Waals surface area contributed by atoms with Gasteiger partial charge in [0.25, 0.3) is 0 Å². The third kappa shape index (κ3) is 2.97. The van der Waals surface area contributed by atoms with E-state index in [1.807, 2.05) is 0 Å². The fourth-order valence-corrected chi connectivity index (χ4v) is 1.74. The molecule has 0 spiro atoms. The zero-order valence-electron chi connectivity index (χ0n) is 8.95. The van der Waals surface area contributed by atoms with E-state index in [0.29, 0.717) is 10.6 Å². The van der Waals surface area contributed by atoms with Crippen LogP contribution < -0.4 is 5.32 Å². The van der Waals surface area contributed by atoms with E-state index in [1.165, 1.54) is 19.1 Å². The summed E-state index contributed by atoms with van der Waals surface area (Å²) in [5, 5.41) is 11.8. The number of carbonyl (C=O) groups is 2. The first-order valence-corrected chi connectivity index (χ1v) is 5.09. The molecule has 16 heavy (non-hydrogen) atoms. The molecular weight excluding hydrogens is 230 g/mol. The Balaban J connectivity index is 2.98. The normalized spacial score (nSPS) is 11.9. The van der Waals surface area contributed by atoms with E-state index in [9.17, 15) is 9.59 Å². The Morgan fingerprint density at radius 2 is 2.06 bits per heavy atom. The van der Waals surface area contributed by atoms with Crippen LogP contribution in [-0.4, -0.2) is 17.0 Å². The minimum absolute atomic E-state index is 0.128. The van der Waals surface area contributed by atoms with Crippen LogP contribution in [0.15, 0.2) is 18.2 Å². The van der Waals surface area contributed by atoms with Crippen molar-refractivity contribution in [2.75, 3.05) is 0 Å². The van der Waals surface area contributed by atoms with Gasteiger partial charge in [-0.25, -0.2) is 4.79 Å². The van der Waals surface area contributed by atoms with E-state index in [4.69, 9.17) is 16.7 Å². The van der Waals surface area contributed by atoms with Crippen molar-refractivity contribution in [2.45, 2.75) is 19.9 Å². The molecule has 0 fully saturated rings. The van der Waals surface area contributed by atoms with Gasteiger partial charge in [-0.15, -0.1) is 0 Å². The van der Waals surface area contributed by atoms with Crippen LogP contribution in [-0.2, 0) is 4.79 Å². The summed E-state index contributed by atoms with van der Waals surface area (Å²) < 4.78 is 0. The average molecular weight is 242 g/mol. The molecule has 0 saturated carbocycles. The fraction of sp³-hybridized carbons (Fsp3) is 0.273. The third-order valence-corrected chi connectivity index (χ3v) is 2.46. The van der Waals surface area contributed by atoms with E-state index >= 15 is 0 Å². The summed E-state index contributed by atoms with van der Waals surface area (Å²) in [6, 6.07) is 4.19. The molecule has 0 saturated heterocycles. The number of hydrogen-bond acceptors (Lipinski definition) is 2. The Morgan fingerprint density at radius 1 is 1.44 bits per heavy atom. The first-order chi connectivity index (χ1) is 7.41. The maximum Gasteiger partial charge on any atom is 0.335 e. The number of amides is 1. The van der Waals surface area contributed by atoms with Gasteiger partial charge < -0.3 is 10.4 Å². The van der Waals surface area contributed by atoms with Crippen molar-refractivity contribution in [2.24, 2.45) is 0 Å². The van der Waals surface area contributed by atoms with Crippen LogP contribution >= 0.6 is 11.6 Å². The highest BCUT2D eigenvalue weighted by Crippen LogP contribution is 2.24. The van der Waals surface area contributed by atoms with Crippen LogP contribution in [0.1, 0.15) is 35.8 Å². The molecule has 0 bridgehead atoms. The van der Waals surface area contributed by atoms with Crippen LogP contribution in [0, 0.1) is 0 Å². The van der Waals surface area contributed by atoms with Crippen molar-refractivity contribution in [3.05, 3.63) is 34.3 Å². The number of rotatable bonds is 3. The molecule has 0 radical (unpaired) electrons. The number of carbonyl (C=O) groups excluding carboxylic acids is 1. The molecule has 1 aromatic carbocycles. The van der Waals surface area contributed by atoms with Crippen molar-refractivity contribution in [1.82, 2.24) is 5.32 Å². The maximum atomic E-state index is 10.9. The number of nitrogens with one attached hydrogen (secondary N) is 1. The Morgan fingerprint density at radius 3 is 2.50 bits per heavy atom. The molecule has 1 atom stereocenters. The van der Waals surface area contributed by atoms with Gasteiger partial charge in [0.2, 0.25) is 5.91 Å². The topological polar surface area (TPSA) is 66.4 Å². The van der Waals surface area contributed by atoms with Gasteiger partial charge in [0.05, 0.1) is 11.6 Å². The number of hydrogen-bond donors (Lipinski definition) is 2. The molecule has 0 aliphatic heterocycles. The summed E-state index contributed by atoms with van der Waals surface area (Å²) in [6.07, 6.45) is 0. The summed E-state index contributed by atoms with van der Waals surface area (Å²) >= 11 is 5.94. The van der Waals surface area contributed by atoms with Gasteiger partial charge >= 0.3 is 5.97 Å². The van der Waals surface area contributed by atoms with Crippen LogP contribution in [0.3, 0.4) is 0 Å². The Bertz CT molecular complexity index is 431. The van der Waals surface area contributed by atoms with Crippen molar-refractivity contribution < 1.29 is 14.7 Å². The maximum absolute atomic E-state index is 10.9. The molecular formula is C11H12ClNO3. The summed E-state index contributed by atoms with van der Waals surface area (Å²) in [7, 11) is 0. The molecule has 5 heteroatoms. The van der Waals surface area contributed by atoms with Crippen molar-refractivity contribution in [3.63, 3.8) is 0 Å². The molecule has 0 heterocycles. The minimum atomic E-state index is -1.03. The molecule has 0 aromatic heterocycles. The van der Waals surface area contributed by atoms with Gasteiger partial charge in [-0.1, -0.05) is 17.7 Å². The summed E-state index contributed by atoms with van der Waals surface area (Å²) in [5.74, 6) is -1.19.